The molecule has 31 heteroatoms. The van der Waals surface area contributed by atoms with Gasteiger partial charge in [0.05, 0.1) is 0 Å². The van der Waals surface area contributed by atoms with Gasteiger partial charge in [0.1, 0.15) is 0 Å². The Morgan fingerprint density at radius 2 is 0.592 bits per heavy atom. The number of nitro groups is 6. The van der Waals surface area contributed by atoms with Gasteiger partial charge < -0.3 is 0 Å². The fraction of sp³-hybridized carbons (Fsp3) is 0. The minimum absolute atomic E-state index is 0.159. The van der Waals surface area contributed by atoms with Crippen LogP contribution in [0.5, 0.6) is 17.2 Å². The molecule has 0 aliphatic rings. The molecule has 0 saturated heterocycles. The fourth-order valence-corrected chi connectivity index (χ4v) is 6.06. The van der Waals surface area contributed by atoms with Crippen LogP contribution < -0.4 is 0 Å². The number of hydrogen-bond donors (Lipinski definition) is 3. The molecule has 30 nitrogen and oxygen atoms in total. The van der Waals surface area contributed by atoms with Gasteiger partial charge in [0, 0.05) is 0 Å². The van der Waals surface area contributed by atoms with Crippen LogP contribution in [0.15, 0.2) is 36.4 Å². The maximum absolute atomic E-state index is 12.9. The predicted molar refractivity (Wildman–Crippen MR) is 143 cm³/mol. The zero-order valence-electron chi connectivity index (χ0n) is 22.6. The van der Waals surface area contributed by atoms with E-state index in [2.05, 4.69) is 8.74 Å². The van der Waals surface area contributed by atoms with Gasteiger partial charge in [-0.3, -0.25) is 0 Å². The molecular weight excluding hydrogens is 887 g/mol. The van der Waals surface area contributed by atoms with Crippen molar-refractivity contribution in [3.8, 4) is 17.2 Å². The van der Waals surface area contributed by atoms with Crippen LogP contribution in [0.2, 0.25) is 0 Å². The molecule has 3 aromatic rings. The molecule has 0 aliphatic carbocycles. The Kier molecular flexibility index (Phi) is 10.2. The zero-order chi connectivity index (χ0) is 37.1. The quantitative estimate of drug-likeness (QED) is 0.112. The van der Waals surface area contributed by atoms with Crippen molar-refractivity contribution in [1.29, 1.82) is 0 Å². The zero-order valence-corrected chi connectivity index (χ0v) is 26.1. The molecule has 3 aromatic carbocycles. The van der Waals surface area contributed by atoms with Crippen molar-refractivity contribution in [2.75, 3.05) is 0 Å². The van der Waals surface area contributed by atoms with E-state index in [0.29, 0.717) is 0 Å². The minimum atomic E-state index is -6.09. The van der Waals surface area contributed by atoms with Crippen LogP contribution in [0.3, 0.4) is 0 Å². The van der Waals surface area contributed by atoms with Crippen molar-refractivity contribution in [2.24, 2.45) is 0 Å². The van der Waals surface area contributed by atoms with Crippen molar-refractivity contribution in [3.05, 3.63) is 112 Å². The van der Waals surface area contributed by atoms with Gasteiger partial charge in [0.15, 0.2) is 0 Å². The predicted octanol–water partition coefficient (Wildman–Crippen LogP) is 2.66. The Balaban J connectivity index is 2.17. The molecule has 0 saturated carbocycles. The van der Waals surface area contributed by atoms with Crippen molar-refractivity contribution >= 4 is 74.3 Å². The third-order valence-corrected chi connectivity index (χ3v) is 8.68. The van der Waals surface area contributed by atoms with Crippen molar-refractivity contribution in [2.45, 2.75) is 0 Å². The summed E-state index contributed by atoms with van der Waals surface area (Å²) < 4.78 is 13.8. The van der Waals surface area contributed by atoms with E-state index in [4.69, 9.17) is 0 Å². The molecule has 0 heterocycles. The molecule has 0 spiro atoms. The van der Waals surface area contributed by atoms with Crippen LogP contribution in [0.1, 0.15) is 0 Å². The molecule has 0 fully saturated rings. The molecule has 0 amide bonds. The third kappa shape index (κ3) is 7.68. The van der Waals surface area contributed by atoms with Crippen LogP contribution in [0.4, 0.5) is 51.2 Å². The van der Waals surface area contributed by atoms with E-state index >= 15 is 0 Å². The summed E-state index contributed by atoms with van der Waals surface area (Å²) in [7, 11) is 0. The van der Waals surface area contributed by atoms with Gasteiger partial charge in [0.2, 0.25) is 0 Å². The number of non-ortho nitro benzene ring substituents is 3. The first-order valence-corrected chi connectivity index (χ1v) is 15.7. The van der Waals surface area contributed by atoms with Crippen LogP contribution in [0.25, 0.3) is 0 Å². The Morgan fingerprint density at radius 3 is 0.776 bits per heavy atom. The van der Waals surface area contributed by atoms with Gasteiger partial charge in [-0.15, -0.1) is 0 Å². The average Bonchev–Trinajstić information content (AvgIpc) is 3.00. The monoisotopic (exact) mass is 896 g/mol. The molecule has 0 aromatic heterocycles. The number of nitro benzene ring substituents is 6. The molecule has 3 rings (SSSR count). The SMILES string of the molecule is O=[N+]([O-])c1cc([N+](=O)[O-])c(O)c([N+](=O)[O][Bi]([O][N+](=O)c2cc([N+](=O)[O-])cc([N+](=O)[O-])c2O)[O][N+](=O)c2cc([N+](=O)[O-])cc([N+](=O)[O-])c2O)c1. The average molecular weight is 896 g/mol. The van der Waals surface area contributed by atoms with E-state index in [-0.39, 0.29) is 36.4 Å². The molecule has 49 heavy (non-hydrogen) atoms. The van der Waals surface area contributed by atoms with Crippen LogP contribution in [-0.4, -0.2) is 82.7 Å². The molecule has 0 bridgehead atoms. The molecule has 3 N–H and O–H groups in total. The van der Waals surface area contributed by atoms with Crippen molar-refractivity contribution in [3.63, 3.8) is 0 Å². The Labute approximate surface area is 271 Å². The number of phenolic OH excluding ortho intramolecular Hbond substituents is 3. The first-order valence-electron chi connectivity index (χ1n) is 11.5. The second kappa shape index (κ2) is 13.9. The topological polar surface area (TPSA) is 407 Å². The van der Waals surface area contributed by atoms with E-state index in [1.807, 2.05) is 0 Å². The Bertz CT molecular complexity index is 1810. The number of rotatable bonds is 15. The number of aromatic hydroxyl groups is 3. The van der Waals surface area contributed by atoms with Gasteiger partial charge in [0.25, 0.3) is 0 Å². The molecule has 0 radical (unpaired) electrons. The number of phenols is 3. The summed E-state index contributed by atoms with van der Waals surface area (Å²) in [6, 6.07) is 1.05. The second-order valence-electron chi connectivity index (χ2n) is 8.28. The van der Waals surface area contributed by atoms with Gasteiger partial charge in [-0.1, -0.05) is 0 Å². The van der Waals surface area contributed by atoms with Crippen LogP contribution in [0, 0.1) is 75.4 Å². The maximum atomic E-state index is 12.9. The van der Waals surface area contributed by atoms with E-state index in [1.165, 1.54) is 0 Å². The first-order chi connectivity index (χ1) is 22.7. The third-order valence-electron chi connectivity index (χ3n) is 5.40. The summed E-state index contributed by atoms with van der Waals surface area (Å²) in [6.45, 7) is 0. The van der Waals surface area contributed by atoms with E-state index in [9.17, 15) is 90.7 Å². The summed E-state index contributed by atoms with van der Waals surface area (Å²) in [4.78, 5) is 94.8. The van der Waals surface area contributed by atoms with Crippen LogP contribution >= 0.6 is 0 Å². The summed E-state index contributed by atoms with van der Waals surface area (Å²) in [6.07, 6.45) is 0. The molecule has 0 unspecified atom stereocenters. The number of hydrogen-bond acceptors (Lipinski definition) is 21. The van der Waals surface area contributed by atoms with Crippen LogP contribution in [-0.2, 0) is 8.74 Å². The summed E-state index contributed by atoms with van der Waals surface area (Å²) in [5, 5.41) is 97.9. The fourth-order valence-electron chi connectivity index (χ4n) is 3.28. The van der Waals surface area contributed by atoms with Crippen molar-refractivity contribution < 1.29 is 68.4 Å². The molecular formula is C18H9BiN9O21+3. The van der Waals surface area contributed by atoms with Gasteiger partial charge in [-0.05, 0) is 0 Å². The van der Waals surface area contributed by atoms with Crippen molar-refractivity contribution in [1.82, 2.24) is 0 Å². The normalized spacial score (nSPS) is 10.5. The number of benzene rings is 3. The Hall–Kier alpha value is -7.46. The summed E-state index contributed by atoms with van der Waals surface area (Å²) >= 11 is -6.09. The number of nitrogens with zero attached hydrogens (tertiary/aromatic N) is 9. The summed E-state index contributed by atoms with van der Waals surface area (Å²) in [5.41, 5.74) is -12.6. The van der Waals surface area contributed by atoms with Gasteiger partial charge in [-0.25, -0.2) is 0 Å². The van der Waals surface area contributed by atoms with E-state index < -0.39 is 136 Å². The standard InChI is InChI=1S/3C6H3N3O7.Bi/c3*10-6-4(8(13)14)1-3(7(11)12)2-5(6)9(15)16;/h3*1-2,10H;/q;;;+3. The van der Waals surface area contributed by atoms with E-state index in [0.717, 1.165) is 0 Å². The van der Waals surface area contributed by atoms with Gasteiger partial charge in [-0.2, -0.15) is 0 Å². The van der Waals surface area contributed by atoms with Gasteiger partial charge >= 0.3 is 272 Å². The molecule has 254 valence electrons. The molecule has 0 atom stereocenters. The molecule has 0 aliphatic heterocycles. The first kappa shape index (κ1) is 36.0. The summed E-state index contributed by atoms with van der Waals surface area (Å²) in [5.74, 6) is -4.90. The van der Waals surface area contributed by atoms with E-state index in [1.54, 1.807) is 0 Å². The second-order valence-corrected chi connectivity index (χ2v) is 11.9. The Morgan fingerprint density at radius 1 is 0.388 bits per heavy atom.